The number of hydrogen-bond acceptors (Lipinski definition) is 5. The van der Waals surface area contributed by atoms with Crippen LogP contribution in [0.4, 0.5) is 0 Å². The first-order valence-electron chi connectivity index (χ1n) is 7.16. The van der Waals surface area contributed by atoms with Gasteiger partial charge in [-0.25, -0.2) is 9.78 Å². The SMILES string of the molecule is Br.COC(=O)c1cccc(OCCc2nc(C(C)(C)C)cs2)c1. The van der Waals surface area contributed by atoms with Crippen molar-refractivity contribution in [1.29, 1.82) is 0 Å². The Morgan fingerprint density at radius 3 is 2.65 bits per heavy atom. The summed E-state index contributed by atoms with van der Waals surface area (Å²) in [6, 6.07) is 7.00. The van der Waals surface area contributed by atoms with Crippen LogP contribution in [0.1, 0.15) is 41.8 Å². The number of halogens is 1. The van der Waals surface area contributed by atoms with Crippen molar-refractivity contribution in [3.05, 3.63) is 45.9 Å². The van der Waals surface area contributed by atoms with Crippen LogP contribution in [0.5, 0.6) is 5.75 Å². The van der Waals surface area contributed by atoms with Crippen LogP contribution in [0.3, 0.4) is 0 Å². The van der Waals surface area contributed by atoms with Gasteiger partial charge in [-0.05, 0) is 18.2 Å². The lowest BCUT2D eigenvalue weighted by Crippen LogP contribution is -2.11. The van der Waals surface area contributed by atoms with Gasteiger partial charge in [0.15, 0.2) is 0 Å². The summed E-state index contributed by atoms with van der Waals surface area (Å²) in [5, 5.41) is 3.17. The highest BCUT2D eigenvalue weighted by atomic mass is 79.9. The molecule has 6 heteroatoms. The number of esters is 1. The van der Waals surface area contributed by atoms with Crippen molar-refractivity contribution < 1.29 is 14.3 Å². The molecule has 1 aromatic heterocycles. The molecule has 23 heavy (non-hydrogen) atoms. The number of thiazole rings is 1. The molecular weight excluding hydrogens is 378 g/mol. The maximum absolute atomic E-state index is 11.5. The second-order valence-electron chi connectivity index (χ2n) is 5.99. The molecule has 0 aliphatic rings. The second-order valence-corrected chi connectivity index (χ2v) is 6.94. The van der Waals surface area contributed by atoms with Crippen molar-refractivity contribution >= 4 is 34.3 Å². The number of aromatic nitrogens is 1. The topological polar surface area (TPSA) is 48.4 Å². The Morgan fingerprint density at radius 1 is 1.30 bits per heavy atom. The molecule has 0 saturated carbocycles. The summed E-state index contributed by atoms with van der Waals surface area (Å²) in [4.78, 5) is 16.1. The minimum atomic E-state index is -0.361. The van der Waals surface area contributed by atoms with Gasteiger partial charge in [0.2, 0.25) is 0 Å². The van der Waals surface area contributed by atoms with Crippen LogP contribution in [0.15, 0.2) is 29.6 Å². The minimum absolute atomic E-state index is 0. The minimum Gasteiger partial charge on any atom is -0.493 e. The van der Waals surface area contributed by atoms with Gasteiger partial charge >= 0.3 is 5.97 Å². The lowest BCUT2D eigenvalue weighted by atomic mass is 9.93. The third-order valence-electron chi connectivity index (χ3n) is 3.16. The molecule has 0 fully saturated rings. The zero-order valence-corrected chi connectivity index (χ0v) is 16.3. The van der Waals surface area contributed by atoms with Gasteiger partial charge in [-0.1, -0.05) is 26.8 Å². The molecule has 126 valence electrons. The Morgan fingerprint density at radius 2 is 2.04 bits per heavy atom. The molecule has 4 nitrogen and oxygen atoms in total. The smallest absolute Gasteiger partial charge is 0.337 e. The van der Waals surface area contributed by atoms with Gasteiger partial charge in [-0.3, -0.25) is 0 Å². The van der Waals surface area contributed by atoms with Crippen LogP contribution >= 0.6 is 28.3 Å². The fourth-order valence-electron chi connectivity index (χ4n) is 1.86. The van der Waals surface area contributed by atoms with Gasteiger partial charge in [0.05, 0.1) is 30.0 Å². The molecule has 1 aromatic carbocycles. The second kappa shape index (κ2) is 8.45. The Balaban J connectivity index is 0.00000264. The highest BCUT2D eigenvalue weighted by Gasteiger charge is 2.17. The van der Waals surface area contributed by atoms with E-state index in [1.54, 1.807) is 29.5 Å². The van der Waals surface area contributed by atoms with E-state index in [2.05, 4.69) is 31.1 Å². The number of carbonyl (C=O) groups is 1. The lowest BCUT2D eigenvalue weighted by Gasteiger charge is -2.14. The average molecular weight is 400 g/mol. The van der Waals surface area contributed by atoms with Gasteiger partial charge < -0.3 is 9.47 Å². The predicted octanol–water partition coefficient (Wildman–Crippen LogP) is 4.43. The molecule has 0 aliphatic carbocycles. The molecule has 0 unspecified atom stereocenters. The molecule has 2 aromatic rings. The van der Waals surface area contributed by atoms with E-state index in [9.17, 15) is 4.79 Å². The van der Waals surface area contributed by atoms with E-state index in [1.165, 1.54) is 7.11 Å². The van der Waals surface area contributed by atoms with E-state index < -0.39 is 0 Å². The van der Waals surface area contributed by atoms with Gasteiger partial charge in [-0.2, -0.15) is 0 Å². The third-order valence-corrected chi connectivity index (χ3v) is 4.07. The van der Waals surface area contributed by atoms with Crippen molar-refractivity contribution in [1.82, 2.24) is 4.98 Å². The molecule has 2 rings (SSSR count). The van der Waals surface area contributed by atoms with Crippen LogP contribution in [-0.4, -0.2) is 24.7 Å². The van der Waals surface area contributed by atoms with E-state index in [4.69, 9.17) is 9.47 Å². The van der Waals surface area contributed by atoms with Crippen molar-refractivity contribution in [2.24, 2.45) is 0 Å². The highest BCUT2D eigenvalue weighted by Crippen LogP contribution is 2.24. The van der Waals surface area contributed by atoms with Crippen molar-refractivity contribution in [2.75, 3.05) is 13.7 Å². The quantitative estimate of drug-likeness (QED) is 0.697. The number of benzene rings is 1. The van der Waals surface area contributed by atoms with E-state index in [0.717, 1.165) is 17.1 Å². The number of carbonyl (C=O) groups excluding carboxylic acids is 1. The Hall–Kier alpha value is -1.40. The van der Waals surface area contributed by atoms with Crippen LogP contribution in [0.25, 0.3) is 0 Å². The third kappa shape index (κ3) is 5.62. The maximum atomic E-state index is 11.5. The van der Waals surface area contributed by atoms with E-state index >= 15 is 0 Å². The van der Waals surface area contributed by atoms with E-state index in [-0.39, 0.29) is 28.4 Å². The van der Waals surface area contributed by atoms with E-state index in [1.807, 2.05) is 6.07 Å². The molecule has 0 bridgehead atoms. The molecule has 0 aliphatic heterocycles. The molecule has 0 radical (unpaired) electrons. The predicted molar refractivity (Wildman–Crippen MR) is 98.1 cm³/mol. The largest absolute Gasteiger partial charge is 0.493 e. The molecule has 0 atom stereocenters. The maximum Gasteiger partial charge on any atom is 0.337 e. The van der Waals surface area contributed by atoms with Crippen LogP contribution in [0.2, 0.25) is 0 Å². The molecule has 0 N–H and O–H groups in total. The lowest BCUT2D eigenvalue weighted by molar-refractivity contribution is 0.0600. The number of ether oxygens (including phenoxy) is 2. The summed E-state index contributed by atoms with van der Waals surface area (Å²) in [7, 11) is 1.37. The standard InChI is InChI=1S/C17H21NO3S.BrH/c1-17(2,3)14-11-22-15(18-14)8-9-21-13-7-5-6-12(10-13)16(19)20-4;/h5-7,10-11H,8-9H2,1-4H3;1H. The average Bonchev–Trinajstić information content (AvgIpc) is 2.96. The first-order valence-corrected chi connectivity index (χ1v) is 8.04. The first kappa shape index (κ1) is 19.6. The zero-order chi connectivity index (χ0) is 16.2. The number of nitrogens with zero attached hydrogens (tertiary/aromatic N) is 1. The van der Waals surface area contributed by atoms with Crippen molar-refractivity contribution in [3.8, 4) is 5.75 Å². The summed E-state index contributed by atoms with van der Waals surface area (Å²) in [6.07, 6.45) is 0.753. The fourth-order valence-corrected chi connectivity index (χ4v) is 2.86. The molecule has 0 amide bonds. The molecular formula is C17H22BrNO3S. The number of rotatable bonds is 5. The normalized spacial score (nSPS) is 10.8. The first-order chi connectivity index (χ1) is 10.4. The monoisotopic (exact) mass is 399 g/mol. The summed E-state index contributed by atoms with van der Waals surface area (Å²) in [5.74, 6) is 0.302. The van der Waals surface area contributed by atoms with Crippen molar-refractivity contribution in [2.45, 2.75) is 32.6 Å². The van der Waals surface area contributed by atoms with Crippen molar-refractivity contribution in [3.63, 3.8) is 0 Å². The van der Waals surface area contributed by atoms with Crippen LogP contribution in [-0.2, 0) is 16.6 Å². The van der Waals surface area contributed by atoms with Gasteiger partial charge in [-0.15, -0.1) is 28.3 Å². The molecule has 1 heterocycles. The van der Waals surface area contributed by atoms with Crippen LogP contribution < -0.4 is 4.74 Å². The Labute approximate surface area is 151 Å². The summed E-state index contributed by atoms with van der Waals surface area (Å²) < 4.78 is 10.4. The Kier molecular flexibility index (Phi) is 7.22. The molecule has 0 spiro atoms. The number of hydrogen-bond donors (Lipinski definition) is 0. The summed E-state index contributed by atoms with van der Waals surface area (Å²) in [6.45, 7) is 6.99. The van der Waals surface area contributed by atoms with Gasteiger partial charge in [0, 0.05) is 17.2 Å². The molecule has 0 saturated heterocycles. The van der Waals surface area contributed by atoms with Gasteiger partial charge in [0.25, 0.3) is 0 Å². The Bertz CT molecular complexity index is 649. The van der Waals surface area contributed by atoms with Gasteiger partial charge in [0.1, 0.15) is 5.75 Å². The van der Waals surface area contributed by atoms with E-state index in [0.29, 0.717) is 17.9 Å². The highest BCUT2D eigenvalue weighted by molar-refractivity contribution is 8.93. The fraction of sp³-hybridized carbons (Fsp3) is 0.412. The van der Waals surface area contributed by atoms with Crippen LogP contribution in [0, 0.1) is 0 Å². The zero-order valence-electron chi connectivity index (χ0n) is 13.8. The summed E-state index contributed by atoms with van der Waals surface area (Å²) >= 11 is 1.66. The summed E-state index contributed by atoms with van der Waals surface area (Å²) in [5.41, 5.74) is 1.68. The number of methoxy groups -OCH3 is 1.